The summed E-state index contributed by atoms with van der Waals surface area (Å²) in [6, 6.07) is 0. The molecule has 0 spiro atoms. The van der Waals surface area contributed by atoms with Crippen molar-refractivity contribution in [2.24, 2.45) is 0 Å². The van der Waals surface area contributed by atoms with Crippen molar-refractivity contribution in [1.29, 1.82) is 0 Å². The molecule has 0 aliphatic heterocycles. The summed E-state index contributed by atoms with van der Waals surface area (Å²) in [6.45, 7) is 1.13. The van der Waals surface area contributed by atoms with Crippen molar-refractivity contribution in [2.45, 2.75) is 37.6 Å². The van der Waals surface area contributed by atoms with Crippen LogP contribution in [-0.2, 0) is 4.79 Å². The summed E-state index contributed by atoms with van der Waals surface area (Å²) >= 11 is 0. The molecule has 0 aromatic rings. The normalized spacial score (nSPS) is 37.3. The maximum absolute atomic E-state index is 11.0. The number of aliphatic hydroxyl groups is 3. The van der Waals surface area contributed by atoms with Crippen LogP contribution < -0.4 is 0 Å². The van der Waals surface area contributed by atoms with Gasteiger partial charge in [0, 0.05) is 12.8 Å². The second-order valence-corrected chi connectivity index (χ2v) is 3.17. The van der Waals surface area contributed by atoms with Crippen LogP contribution in [0, 0.1) is 0 Å². The zero-order valence-electron chi connectivity index (χ0n) is 6.37. The second-order valence-electron chi connectivity index (χ2n) is 3.17. The lowest BCUT2D eigenvalue weighted by molar-refractivity contribution is -0.269. The van der Waals surface area contributed by atoms with E-state index in [9.17, 15) is 9.90 Å². The molecule has 0 aromatic carbocycles. The Kier molecular flexibility index (Phi) is 1.78. The van der Waals surface area contributed by atoms with E-state index in [0.717, 1.165) is 6.92 Å². The summed E-state index contributed by atoms with van der Waals surface area (Å²) in [5, 5.41) is 27.6. The van der Waals surface area contributed by atoms with Crippen LogP contribution >= 0.6 is 0 Å². The van der Waals surface area contributed by atoms with Crippen molar-refractivity contribution in [2.75, 3.05) is 0 Å². The first-order valence-corrected chi connectivity index (χ1v) is 3.58. The van der Waals surface area contributed by atoms with E-state index in [-0.39, 0.29) is 12.8 Å². The minimum atomic E-state index is -2.25. The lowest BCUT2D eigenvalue weighted by Crippen LogP contribution is -2.59. The quantitative estimate of drug-likeness (QED) is 0.404. The van der Waals surface area contributed by atoms with Gasteiger partial charge in [-0.1, -0.05) is 0 Å². The van der Waals surface area contributed by atoms with Crippen molar-refractivity contribution in [3.63, 3.8) is 0 Å². The zero-order chi connectivity index (χ0) is 8.70. The molecule has 0 saturated heterocycles. The van der Waals surface area contributed by atoms with Gasteiger partial charge in [0.2, 0.25) is 0 Å². The molecule has 1 saturated carbocycles. The molecule has 0 radical (unpaired) electrons. The smallest absolute Gasteiger partial charge is 0.199 e. The van der Waals surface area contributed by atoms with Gasteiger partial charge < -0.3 is 15.3 Å². The summed E-state index contributed by atoms with van der Waals surface area (Å²) in [7, 11) is 0. The Hall–Kier alpha value is -0.450. The third-order valence-electron chi connectivity index (χ3n) is 2.25. The SMILES string of the molecule is CC1(O)C(=O)CCCC1(O)O. The van der Waals surface area contributed by atoms with Crippen LogP contribution in [0.4, 0.5) is 0 Å². The zero-order valence-corrected chi connectivity index (χ0v) is 6.37. The first-order valence-electron chi connectivity index (χ1n) is 3.58. The van der Waals surface area contributed by atoms with Crippen molar-refractivity contribution >= 4 is 5.78 Å². The molecule has 1 atom stereocenters. The van der Waals surface area contributed by atoms with E-state index < -0.39 is 17.2 Å². The minimum Gasteiger partial charge on any atom is -0.377 e. The standard InChI is InChI=1S/C7H12O4/c1-6(9)5(8)3-2-4-7(6,10)11/h9-11H,2-4H2,1H3. The molecule has 0 aromatic heterocycles. The van der Waals surface area contributed by atoms with Crippen LogP contribution in [0.25, 0.3) is 0 Å². The predicted octanol–water partition coefficient (Wildman–Crippen LogP) is -0.829. The number of hydrogen-bond acceptors (Lipinski definition) is 4. The van der Waals surface area contributed by atoms with Gasteiger partial charge in [-0.05, 0) is 13.3 Å². The second kappa shape index (κ2) is 2.27. The molecule has 1 unspecified atom stereocenters. The van der Waals surface area contributed by atoms with Crippen LogP contribution in [0.3, 0.4) is 0 Å². The molecule has 1 fully saturated rings. The Labute approximate surface area is 64.5 Å². The molecule has 0 heterocycles. The average Bonchev–Trinajstić information content (AvgIpc) is 1.84. The van der Waals surface area contributed by atoms with Gasteiger partial charge in [0.1, 0.15) is 0 Å². The molecular formula is C7H12O4. The van der Waals surface area contributed by atoms with Gasteiger partial charge in [-0.2, -0.15) is 0 Å². The Morgan fingerprint density at radius 1 is 1.36 bits per heavy atom. The summed E-state index contributed by atoms with van der Waals surface area (Å²) in [4.78, 5) is 11.0. The number of ketones is 1. The van der Waals surface area contributed by atoms with Crippen LogP contribution in [0.15, 0.2) is 0 Å². The molecule has 4 nitrogen and oxygen atoms in total. The van der Waals surface area contributed by atoms with Crippen molar-refractivity contribution < 1.29 is 20.1 Å². The van der Waals surface area contributed by atoms with Gasteiger partial charge in [0.15, 0.2) is 17.2 Å². The largest absolute Gasteiger partial charge is 0.377 e. The summed E-state index contributed by atoms with van der Waals surface area (Å²) in [6.07, 6.45) is 0.684. The Bertz CT molecular complexity index is 183. The highest BCUT2D eigenvalue weighted by Gasteiger charge is 2.51. The van der Waals surface area contributed by atoms with Crippen LogP contribution in [-0.4, -0.2) is 32.5 Å². The van der Waals surface area contributed by atoms with Gasteiger partial charge in [-0.25, -0.2) is 0 Å². The van der Waals surface area contributed by atoms with E-state index in [1.807, 2.05) is 0 Å². The molecule has 11 heavy (non-hydrogen) atoms. The fourth-order valence-corrected chi connectivity index (χ4v) is 1.21. The topological polar surface area (TPSA) is 77.8 Å². The molecule has 1 rings (SSSR count). The molecule has 4 heteroatoms. The maximum Gasteiger partial charge on any atom is 0.199 e. The maximum atomic E-state index is 11.0. The Morgan fingerprint density at radius 2 is 1.91 bits per heavy atom. The fourth-order valence-electron chi connectivity index (χ4n) is 1.21. The number of rotatable bonds is 0. The summed E-state index contributed by atoms with van der Waals surface area (Å²) < 4.78 is 0. The molecule has 1 aliphatic carbocycles. The summed E-state index contributed by atoms with van der Waals surface area (Å²) in [5.74, 6) is -2.75. The monoisotopic (exact) mass is 160 g/mol. The number of Topliss-reactive ketones (excluding diaryl/α,β-unsaturated/α-hetero) is 1. The van der Waals surface area contributed by atoms with E-state index in [0.29, 0.717) is 6.42 Å². The van der Waals surface area contributed by atoms with E-state index in [1.54, 1.807) is 0 Å². The first kappa shape index (κ1) is 8.64. The van der Waals surface area contributed by atoms with Crippen molar-refractivity contribution in [1.82, 2.24) is 0 Å². The third-order valence-corrected chi connectivity index (χ3v) is 2.25. The van der Waals surface area contributed by atoms with E-state index in [1.165, 1.54) is 0 Å². The van der Waals surface area contributed by atoms with Gasteiger partial charge in [0.05, 0.1) is 0 Å². The van der Waals surface area contributed by atoms with Gasteiger partial charge >= 0.3 is 0 Å². The van der Waals surface area contributed by atoms with Gasteiger partial charge in [0.25, 0.3) is 0 Å². The fraction of sp³-hybridized carbons (Fsp3) is 0.857. The van der Waals surface area contributed by atoms with Gasteiger partial charge in [-0.3, -0.25) is 4.79 Å². The molecular weight excluding hydrogens is 148 g/mol. The van der Waals surface area contributed by atoms with Crippen LogP contribution in [0.2, 0.25) is 0 Å². The Balaban J connectivity index is 2.91. The van der Waals surface area contributed by atoms with Crippen molar-refractivity contribution in [3.05, 3.63) is 0 Å². The van der Waals surface area contributed by atoms with Crippen LogP contribution in [0.1, 0.15) is 26.2 Å². The molecule has 1 aliphatic rings. The molecule has 3 N–H and O–H groups in total. The Morgan fingerprint density at radius 3 is 2.27 bits per heavy atom. The molecule has 0 amide bonds. The average molecular weight is 160 g/mol. The number of carbonyl (C=O) groups is 1. The van der Waals surface area contributed by atoms with E-state index in [4.69, 9.17) is 10.2 Å². The first-order chi connectivity index (χ1) is 4.88. The highest BCUT2D eigenvalue weighted by atomic mass is 16.5. The lowest BCUT2D eigenvalue weighted by atomic mass is 9.80. The highest BCUT2D eigenvalue weighted by molar-refractivity contribution is 5.88. The molecule has 0 bridgehead atoms. The van der Waals surface area contributed by atoms with Crippen LogP contribution in [0.5, 0.6) is 0 Å². The number of carbonyl (C=O) groups excluding carboxylic acids is 1. The van der Waals surface area contributed by atoms with E-state index >= 15 is 0 Å². The lowest BCUT2D eigenvalue weighted by Gasteiger charge is -2.38. The number of hydrogen-bond donors (Lipinski definition) is 3. The van der Waals surface area contributed by atoms with Crippen molar-refractivity contribution in [3.8, 4) is 0 Å². The predicted molar refractivity (Wildman–Crippen MR) is 36.7 cm³/mol. The van der Waals surface area contributed by atoms with E-state index in [2.05, 4.69) is 0 Å². The molecule has 64 valence electrons. The third kappa shape index (κ3) is 1.17. The highest BCUT2D eigenvalue weighted by Crippen LogP contribution is 2.32. The van der Waals surface area contributed by atoms with Gasteiger partial charge in [-0.15, -0.1) is 0 Å². The minimum absolute atomic E-state index is 0.0474. The summed E-state index contributed by atoms with van der Waals surface area (Å²) in [5.41, 5.74) is -1.99.